The molecule has 4 bridgehead atoms. The van der Waals surface area contributed by atoms with Gasteiger partial charge in [0.2, 0.25) is 0 Å². The number of carboxylic acids is 1. The Morgan fingerprint density at radius 1 is 1.21 bits per heavy atom. The smallest absolute Gasteiger partial charge is 0.311 e. The molecule has 0 aromatic rings. The fourth-order valence-electron chi connectivity index (χ4n) is 4.27. The first-order valence-corrected chi connectivity index (χ1v) is 5.93. The average Bonchev–Trinajstić information content (AvgIpc) is 2.12. The SMILES string of the molecule is O=C(O)C12C[C@@H]3CC(C[C@@H](C3)C1)C2Cl. The summed E-state index contributed by atoms with van der Waals surface area (Å²) in [5.74, 6) is 1.15. The Morgan fingerprint density at radius 2 is 1.79 bits per heavy atom. The fraction of sp³-hybridized carbons (Fsp3) is 0.909. The molecule has 1 N–H and O–H groups in total. The molecule has 2 nitrogen and oxygen atoms in total. The van der Waals surface area contributed by atoms with Gasteiger partial charge in [-0.3, -0.25) is 4.79 Å². The minimum absolute atomic E-state index is 0.104. The predicted octanol–water partition coefficient (Wildman–Crippen LogP) is 2.50. The van der Waals surface area contributed by atoms with E-state index in [-0.39, 0.29) is 5.38 Å². The van der Waals surface area contributed by atoms with Crippen molar-refractivity contribution >= 4 is 17.6 Å². The lowest BCUT2D eigenvalue weighted by Crippen LogP contribution is -2.57. The highest BCUT2D eigenvalue weighted by Crippen LogP contribution is 2.61. The molecule has 4 aliphatic carbocycles. The summed E-state index contributed by atoms with van der Waals surface area (Å²) in [5.41, 5.74) is -0.559. The normalized spacial score (nSPS) is 54.9. The third-order valence-electron chi connectivity index (χ3n) is 4.61. The van der Waals surface area contributed by atoms with Gasteiger partial charge in [-0.05, 0) is 49.9 Å². The summed E-state index contributed by atoms with van der Waals surface area (Å²) < 4.78 is 0. The lowest BCUT2D eigenvalue weighted by Gasteiger charge is -2.57. The van der Waals surface area contributed by atoms with Gasteiger partial charge in [-0.2, -0.15) is 0 Å². The van der Waals surface area contributed by atoms with Crippen LogP contribution < -0.4 is 0 Å². The topological polar surface area (TPSA) is 37.3 Å². The lowest BCUT2D eigenvalue weighted by atomic mass is 9.49. The van der Waals surface area contributed by atoms with E-state index in [1.54, 1.807) is 0 Å². The number of carbonyl (C=O) groups is 1. The van der Waals surface area contributed by atoms with E-state index in [1.807, 2.05) is 0 Å². The van der Waals surface area contributed by atoms with Crippen LogP contribution in [0.15, 0.2) is 0 Å². The number of hydrogen-bond donors (Lipinski definition) is 1. The van der Waals surface area contributed by atoms with Gasteiger partial charge in [0.25, 0.3) is 0 Å². The number of aliphatic carboxylic acids is 1. The molecule has 4 saturated carbocycles. The second-order valence-electron chi connectivity index (χ2n) is 5.47. The van der Waals surface area contributed by atoms with E-state index in [2.05, 4.69) is 0 Å². The number of carboxylic acid groups (broad SMARTS) is 1. The van der Waals surface area contributed by atoms with Gasteiger partial charge >= 0.3 is 5.97 Å². The van der Waals surface area contributed by atoms with Crippen LogP contribution in [0.3, 0.4) is 0 Å². The molecule has 0 aromatic heterocycles. The van der Waals surface area contributed by atoms with Crippen LogP contribution in [0.1, 0.15) is 32.1 Å². The van der Waals surface area contributed by atoms with Gasteiger partial charge in [-0.25, -0.2) is 0 Å². The molecule has 3 unspecified atom stereocenters. The Hall–Kier alpha value is -0.240. The summed E-state index contributed by atoms with van der Waals surface area (Å²) in [6, 6.07) is 0. The molecular weight excluding hydrogens is 200 g/mol. The maximum absolute atomic E-state index is 11.4. The van der Waals surface area contributed by atoms with Crippen LogP contribution in [0.4, 0.5) is 0 Å². The summed E-state index contributed by atoms with van der Waals surface area (Å²) in [6.45, 7) is 0. The number of hydrogen-bond acceptors (Lipinski definition) is 1. The first kappa shape index (κ1) is 9.02. The zero-order valence-corrected chi connectivity index (χ0v) is 8.83. The number of rotatable bonds is 1. The quantitative estimate of drug-likeness (QED) is 0.681. The Kier molecular flexibility index (Phi) is 1.71. The minimum atomic E-state index is -0.642. The Bertz CT molecular complexity index is 275. The van der Waals surface area contributed by atoms with Gasteiger partial charge in [0, 0.05) is 0 Å². The summed E-state index contributed by atoms with van der Waals surface area (Å²) in [6.07, 6.45) is 5.29. The fourth-order valence-corrected chi connectivity index (χ4v) is 4.75. The molecule has 0 amide bonds. The summed E-state index contributed by atoms with van der Waals surface area (Å²) in [5, 5.41) is 9.26. The van der Waals surface area contributed by atoms with Crippen LogP contribution in [0.2, 0.25) is 0 Å². The second-order valence-corrected chi connectivity index (χ2v) is 5.94. The van der Waals surface area contributed by atoms with Crippen molar-refractivity contribution < 1.29 is 9.90 Å². The van der Waals surface area contributed by atoms with Crippen LogP contribution in [-0.4, -0.2) is 16.5 Å². The molecule has 5 atom stereocenters. The molecule has 0 radical (unpaired) electrons. The standard InChI is InChI=1S/C11H15ClO2/c12-9-8-2-6-1-7(3-8)5-11(9,4-6)10(13)14/h6-9H,1-5H2,(H,13,14)/t6-,7+,8?,9?,11?. The van der Waals surface area contributed by atoms with Crippen LogP contribution in [0, 0.1) is 23.2 Å². The Balaban J connectivity index is 2.01. The van der Waals surface area contributed by atoms with Crippen molar-refractivity contribution in [3.8, 4) is 0 Å². The van der Waals surface area contributed by atoms with Crippen molar-refractivity contribution in [1.29, 1.82) is 0 Å². The van der Waals surface area contributed by atoms with Gasteiger partial charge in [-0.15, -0.1) is 11.6 Å². The van der Waals surface area contributed by atoms with Crippen molar-refractivity contribution in [2.24, 2.45) is 23.2 Å². The van der Waals surface area contributed by atoms with Crippen LogP contribution >= 0.6 is 11.6 Å². The monoisotopic (exact) mass is 214 g/mol. The number of alkyl halides is 1. The van der Waals surface area contributed by atoms with E-state index in [0.29, 0.717) is 17.8 Å². The van der Waals surface area contributed by atoms with E-state index in [4.69, 9.17) is 11.6 Å². The van der Waals surface area contributed by atoms with Crippen LogP contribution in [0.25, 0.3) is 0 Å². The summed E-state index contributed by atoms with van der Waals surface area (Å²) in [4.78, 5) is 11.4. The van der Waals surface area contributed by atoms with E-state index < -0.39 is 11.4 Å². The van der Waals surface area contributed by atoms with Crippen molar-refractivity contribution in [2.45, 2.75) is 37.5 Å². The third-order valence-corrected chi connectivity index (χ3v) is 5.39. The first-order chi connectivity index (χ1) is 6.62. The third kappa shape index (κ3) is 0.955. The summed E-state index contributed by atoms with van der Waals surface area (Å²) >= 11 is 6.34. The van der Waals surface area contributed by atoms with Gasteiger partial charge in [-0.1, -0.05) is 0 Å². The molecule has 14 heavy (non-hydrogen) atoms. The molecular formula is C11H15ClO2. The van der Waals surface area contributed by atoms with E-state index in [1.165, 1.54) is 19.3 Å². The molecule has 4 fully saturated rings. The molecule has 0 saturated heterocycles. The van der Waals surface area contributed by atoms with E-state index >= 15 is 0 Å². The maximum atomic E-state index is 11.4. The van der Waals surface area contributed by atoms with Crippen molar-refractivity contribution in [3.05, 3.63) is 0 Å². The lowest BCUT2D eigenvalue weighted by molar-refractivity contribution is -0.163. The molecule has 3 heteroatoms. The van der Waals surface area contributed by atoms with Crippen LogP contribution in [-0.2, 0) is 4.79 Å². The molecule has 0 aromatic carbocycles. The maximum Gasteiger partial charge on any atom is 0.311 e. The largest absolute Gasteiger partial charge is 0.481 e. The summed E-state index contributed by atoms with van der Waals surface area (Å²) in [7, 11) is 0. The molecule has 0 spiro atoms. The predicted molar refractivity (Wildman–Crippen MR) is 53.3 cm³/mol. The van der Waals surface area contributed by atoms with Gasteiger partial charge in [0.15, 0.2) is 0 Å². The first-order valence-electron chi connectivity index (χ1n) is 5.49. The molecule has 4 aliphatic rings. The highest BCUT2D eigenvalue weighted by atomic mass is 35.5. The Morgan fingerprint density at radius 3 is 2.29 bits per heavy atom. The molecule has 4 rings (SSSR count). The second kappa shape index (κ2) is 2.66. The van der Waals surface area contributed by atoms with Crippen molar-refractivity contribution in [3.63, 3.8) is 0 Å². The van der Waals surface area contributed by atoms with Gasteiger partial charge in [0.1, 0.15) is 0 Å². The van der Waals surface area contributed by atoms with Crippen molar-refractivity contribution in [2.75, 3.05) is 0 Å². The Labute approximate surface area is 88.6 Å². The van der Waals surface area contributed by atoms with E-state index in [9.17, 15) is 9.90 Å². The van der Waals surface area contributed by atoms with E-state index in [0.717, 1.165) is 12.8 Å². The van der Waals surface area contributed by atoms with Crippen LogP contribution in [0.5, 0.6) is 0 Å². The minimum Gasteiger partial charge on any atom is -0.481 e. The van der Waals surface area contributed by atoms with Gasteiger partial charge < -0.3 is 5.11 Å². The highest BCUT2D eigenvalue weighted by Gasteiger charge is 2.60. The van der Waals surface area contributed by atoms with Crippen molar-refractivity contribution in [1.82, 2.24) is 0 Å². The molecule has 0 aliphatic heterocycles. The van der Waals surface area contributed by atoms with Gasteiger partial charge in [0.05, 0.1) is 10.8 Å². The zero-order chi connectivity index (χ0) is 9.92. The number of halogens is 1. The highest BCUT2D eigenvalue weighted by molar-refractivity contribution is 6.23. The average molecular weight is 215 g/mol. The molecule has 78 valence electrons. The zero-order valence-electron chi connectivity index (χ0n) is 8.08. The molecule has 0 heterocycles.